The van der Waals surface area contributed by atoms with Gasteiger partial charge in [-0.3, -0.25) is 4.90 Å². The van der Waals surface area contributed by atoms with Crippen molar-refractivity contribution in [2.24, 2.45) is 0 Å². The molecule has 2 rings (SSSR count). The molecule has 0 aromatic rings. The summed E-state index contributed by atoms with van der Waals surface area (Å²) in [6.07, 6.45) is 7.03. The van der Waals surface area contributed by atoms with Gasteiger partial charge in [-0.15, -0.1) is 0 Å². The summed E-state index contributed by atoms with van der Waals surface area (Å²) in [6, 6.07) is 0.881. The van der Waals surface area contributed by atoms with Crippen molar-refractivity contribution < 1.29 is 0 Å². The van der Waals surface area contributed by atoms with E-state index in [1.165, 1.54) is 71.4 Å². The lowest BCUT2D eigenvalue weighted by Crippen LogP contribution is -2.54. The van der Waals surface area contributed by atoms with Gasteiger partial charge in [-0.2, -0.15) is 0 Å². The summed E-state index contributed by atoms with van der Waals surface area (Å²) >= 11 is 0. The summed E-state index contributed by atoms with van der Waals surface area (Å²) in [6.45, 7) is 7.87. The van der Waals surface area contributed by atoms with Crippen LogP contribution in [0.25, 0.3) is 0 Å². The van der Waals surface area contributed by atoms with E-state index in [1.54, 1.807) is 0 Å². The number of nitrogens with zero attached hydrogens (tertiary/aromatic N) is 3. The largest absolute Gasteiger partial charge is 0.309 e. The monoisotopic (exact) mass is 239 g/mol. The third kappa shape index (κ3) is 4.23. The highest BCUT2D eigenvalue weighted by Crippen LogP contribution is 2.21. The topological polar surface area (TPSA) is 9.72 Å². The fourth-order valence-electron chi connectivity index (χ4n) is 3.19. The number of piperazine rings is 1. The first kappa shape index (κ1) is 13.3. The number of piperidine rings is 1. The second-order valence-electron chi connectivity index (χ2n) is 6.00. The lowest BCUT2D eigenvalue weighted by Gasteiger charge is -2.44. The first-order valence-corrected chi connectivity index (χ1v) is 7.37. The van der Waals surface area contributed by atoms with Crippen molar-refractivity contribution in [2.75, 3.05) is 53.4 Å². The van der Waals surface area contributed by atoms with Crippen molar-refractivity contribution in [1.82, 2.24) is 14.7 Å². The Morgan fingerprint density at radius 3 is 2.76 bits per heavy atom. The first-order valence-electron chi connectivity index (χ1n) is 7.37. The number of hydrogen-bond donors (Lipinski definition) is 0. The van der Waals surface area contributed by atoms with Gasteiger partial charge in [-0.05, 0) is 59.4 Å². The summed E-state index contributed by atoms with van der Waals surface area (Å²) < 4.78 is 0. The lowest BCUT2D eigenvalue weighted by molar-refractivity contribution is 0.0485. The molecule has 3 heteroatoms. The van der Waals surface area contributed by atoms with Crippen LogP contribution in [-0.2, 0) is 0 Å². The van der Waals surface area contributed by atoms with E-state index in [0.717, 1.165) is 6.04 Å². The van der Waals surface area contributed by atoms with Gasteiger partial charge in [0, 0.05) is 25.7 Å². The third-order valence-electron chi connectivity index (χ3n) is 4.25. The van der Waals surface area contributed by atoms with Crippen LogP contribution in [0.3, 0.4) is 0 Å². The highest BCUT2D eigenvalue weighted by Gasteiger charge is 2.28. The average molecular weight is 239 g/mol. The summed E-state index contributed by atoms with van der Waals surface area (Å²) in [4.78, 5) is 7.71. The zero-order valence-corrected chi connectivity index (χ0v) is 11.7. The quantitative estimate of drug-likeness (QED) is 0.673. The molecule has 3 nitrogen and oxygen atoms in total. The van der Waals surface area contributed by atoms with Gasteiger partial charge in [0.15, 0.2) is 0 Å². The Bertz CT molecular complexity index is 218. The van der Waals surface area contributed by atoms with Crippen molar-refractivity contribution >= 4 is 0 Å². The minimum absolute atomic E-state index is 0.881. The van der Waals surface area contributed by atoms with E-state index in [9.17, 15) is 0 Å². The molecule has 2 saturated heterocycles. The summed E-state index contributed by atoms with van der Waals surface area (Å²) in [5.41, 5.74) is 0. The van der Waals surface area contributed by atoms with Crippen LogP contribution in [0.2, 0.25) is 0 Å². The molecule has 0 radical (unpaired) electrons. The van der Waals surface area contributed by atoms with E-state index >= 15 is 0 Å². The average Bonchev–Trinajstić information content (AvgIpc) is 2.34. The van der Waals surface area contributed by atoms with Gasteiger partial charge < -0.3 is 9.80 Å². The summed E-state index contributed by atoms with van der Waals surface area (Å²) in [5, 5.41) is 0. The number of rotatable bonds is 5. The number of unbranched alkanes of at least 4 members (excludes halogenated alkanes) is 1. The molecular formula is C14H29N3. The van der Waals surface area contributed by atoms with Crippen molar-refractivity contribution in [1.29, 1.82) is 0 Å². The molecule has 17 heavy (non-hydrogen) atoms. The molecule has 0 aromatic carbocycles. The molecule has 0 amide bonds. The number of hydrogen-bond acceptors (Lipinski definition) is 3. The SMILES string of the molecule is CN(C)CCCCN1CCN2CCCCC2C1. The molecule has 2 aliphatic heterocycles. The van der Waals surface area contributed by atoms with E-state index in [-0.39, 0.29) is 0 Å². The standard InChI is InChI=1S/C14H29N3/c1-15(2)8-5-6-9-16-11-12-17-10-4-3-7-14(17)13-16/h14H,3-13H2,1-2H3. The smallest absolute Gasteiger partial charge is 0.0223 e. The van der Waals surface area contributed by atoms with Gasteiger partial charge in [-0.1, -0.05) is 6.42 Å². The van der Waals surface area contributed by atoms with Crippen molar-refractivity contribution in [3.63, 3.8) is 0 Å². The maximum atomic E-state index is 2.72. The Kier molecular flexibility index (Phi) is 5.26. The van der Waals surface area contributed by atoms with Gasteiger partial charge >= 0.3 is 0 Å². The molecule has 2 fully saturated rings. The Balaban J connectivity index is 1.62. The van der Waals surface area contributed by atoms with Crippen molar-refractivity contribution in [3.05, 3.63) is 0 Å². The first-order chi connectivity index (χ1) is 8.25. The van der Waals surface area contributed by atoms with E-state index in [1.807, 2.05) is 0 Å². The normalized spacial score (nSPS) is 27.4. The second-order valence-corrected chi connectivity index (χ2v) is 6.00. The summed E-state index contributed by atoms with van der Waals surface area (Å²) in [5.74, 6) is 0. The van der Waals surface area contributed by atoms with Crippen LogP contribution >= 0.6 is 0 Å². The Morgan fingerprint density at radius 1 is 1.06 bits per heavy atom. The maximum Gasteiger partial charge on any atom is 0.0223 e. The van der Waals surface area contributed by atoms with E-state index in [4.69, 9.17) is 0 Å². The second kappa shape index (κ2) is 6.72. The Labute approximate surface area is 107 Å². The Morgan fingerprint density at radius 2 is 1.94 bits per heavy atom. The van der Waals surface area contributed by atoms with Crippen LogP contribution in [0, 0.1) is 0 Å². The number of fused-ring (bicyclic) bond motifs is 1. The highest BCUT2D eigenvalue weighted by molar-refractivity contribution is 4.84. The lowest BCUT2D eigenvalue weighted by atomic mass is 9.99. The molecule has 0 N–H and O–H groups in total. The predicted octanol–water partition coefficient (Wildman–Crippen LogP) is 1.50. The van der Waals surface area contributed by atoms with E-state index < -0.39 is 0 Å². The molecule has 0 saturated carbocycles. The zero-order valence-electron chi connectivity index (χ0n) is 11.7. The zero-order chi connectivity index (χ0) is 12.1. The predicted molar refractivity (Wildman–Crippen MR) is 73.4 cm³/mol. The van der Waals surface area contributed by atoms with Gasteiger partial charge in [0.05, 0.1) is 0 Å². The molecule has 0 bridgehead atoms. The van der Waals surface area contributed by atoms with Crippen LogP contribution in [0.4, 0.5) is 0 Å². The van der Waals surface area contributed by atoms with Gasteiger partial charge in [0.1, 0.15) is 0 Å². The molecule has 0 aromatic heterocycles. The molecule has 1 atom stereocenters. The molecule has 2 aliphatic rings. The fourth-order valence-corrected chi connectivity index (χ4v) is 3.19. The van der Waals surface area contributed by atoms with Crippen LogP contribution < -0.4 is 0 Å². The Hall–Kier alpha value is -0.120. The van der Waals surface area contributed by atoms with Gasteiger partial charge in [0.2, 0.25) is 0 Å². The van der Waals surface area contributed by atoms with Crippen molar-refractivity contribution in [2.45, 2.75) is 38.1 Å². The fraction of sp³-hybridized carbons (Fsp3) is 1.00. The molecule has 1 unspecified atom stereocenters. The van der Waals surface area contributed by atoms with E-state index in [2.05, 4.69) is 28.8 Å². The minimum Gasteiger partial charge on any atom is -0.309 e. The molecule has 100 valence electrons. The van der Waals surface area contributed by atoms with Crippen LogP contribution in [0.1, 0.15) is 32.1 Å². The van der Waals surface area contributed by atoms with Gasteiger partial charge in [0.25, 0.3) is 0 Å². The molecule has 0 aliphatic carbocycles. The summed E-state index contributed by atoms with van der Waals surface area (Å²) in [7, 11) is 4.33. The third-order valence-corrected chi connectivity index (χ3v) is 4.25. The maximum absolute atomic E-state index is 2.72. The van der Waals surface area contributed by atoms with Crippen LogP contribution in [0.5, 0.6) is 0 Å². The molecular weight excluding hydrogens is 210 g/mol. The van der Waals surface area contributed by atoms with Crippen LogP contribution in [0.15, 0.2) is 0 Å². The molecule has 2 heterocycles. The highest BCUT2D eigenvalue weighted by atomic mass is 15.3. The van der Waals surface area contributed by atoms with E-state index in [0.29, 0.717) is 0 Å². The van der Waals surface area contributed by atoms with Gasteiger partial charge in [-0.25, -0.2) is 0 Å². The minimum atomic E-state index is 0.881. The van der Waals surface area contributed by atoms with Crippen molar-refractivity contribution in [3.8, 4) is 0 Å². The molecule has 0 spiro atoms. The van der Waals surface area contributed by atoms with Crippen LogP contribution in [-0.4, -0.2) is 74.1 Å².